The Balaban J connectivity index is 0.000000845. The van der Waals surface area contributed by atoms with Crippen LogP contribution in [0.4, 0.5) is 0 Å². The van der Waals surface area contributed by atoms with E-state index in [1.54, 1.807) is 17.2 Å². The molecule has 0 aliphatic carbocycles. The van der Waals surface area contributed by atoms with Gasteiger partial charge in [-0.2, -0.15) is 5.10 Å². The third-order valence-electron chi connectivity index (χ3n) is 1.56. The lowest BCUT2D eigenvalue weighted by molar-refractivity contribution is 0.873. The standard InChI is InChI=1S/C8H8N4.ClH/c1-7-4-8(2-3-10-7)12-6-9-5-11-12;/h2-6H,1H3;1H. The molecule has 0 radical (unpaired) electrons. The highest BCUT2D eigenvalue weighted by molar-refractivity contribution is 5.85. The van der Waals surface area contributed by atoms with E-state index in [-0.39, 0.29) is 12.4 Å². The third kappa shape index (κ3) is 2.03. The van der Waals surface area contributed by atoms with Crippen LogP contribution in [0.25, 0.3) is 5.69 Å². The van der Waals surface area contributed by atoms with Crippen molar-refractivity contribution in [2.75, 3.05) is 0 Å². The lowest BCUT2D eigenvalue weighted by atomic mass is 10.3. The van der Waals surface area contributed by atoms with E-state index in [2.05, 4.69) is 15.1 Å². The molecule has 0 aliphatic heterocycles. The van der Waals surface area contributed by atoms with E-state index in [9.17, 15) is 0 Å². The molecule has 0 unspecified atom stereocenters. The van der Waals surface area contributed by atoms with Crippen molar-refractivity contribution in [2.45, 2.75) is 6.92 Å². The molecule has 0 saturated carbocycles. The molecule has 4 nitrogen and oxygen atoms in total. The van der Waals surface area contributed by atoms with Gasteiger partial charge in [-0.05, 0) is 19.1 Å². The molecule has 0 N–H and O–H groups in total. The van der Waals surface area contributed by atoms with Gasteiger partial charge in [-0.15, -0.1) is 12.4 Å². The molecule has 2 rings (SSSR count). The minimum absolute atomic E-state index is 0. The van der Waals surface area contributed by atoms with Gasteiger partial charge >= 0.3 is 0 Å². The van der Waals surface area contributed by atoms with Crippen molar-refractivity contribution in [3.63, 3.8) is 0 Å². The fourth-order valence-corrected chi connectivity index (χ4v) is 1.01. The summed E-state index contributed by atoms with van der Waals surface area (Å²) in [5.41, 5.74) is 1.96. The lowest BCUT2D eigenvalue weighted by Crippen LogP contribution is -1.95. The van der Waals surface area contributed by atoms with Crippen LogP contribution in [0.3, 0.4) is 0 Å². The summed E-state index contributed by atoms with van der Waals surface area (Å²) < 4.78 is 1.70. The van der Waals surface area contributed by atoms with Crippen molar-refractivity contribution in [1.29, 1.82) is 0 Å². The van der Waals surface area contributed by atoms with Crippen LogP contribution < -0.4 is 0 Å². The minimum Gasteiger partial charge on any atom is -0.261 e. The highest BCUT2D eigenvalue weighted by atomic mass is 35.5. The predicted octanol–water partition coefficient (Wildman–Crippen LogP) is 1.39. The first-order valence-electron chi connectivity index (χ1n) is 3.64. The average molecular weight is 197 g/mol. The molecular formula is C8H9ClN4. The number of halogens is 1. The van der Waals surface area contributed by atoms with Crippen LogP contribution in [0.2, 0.25) is 0 Å². The molecule has 0 fully saturated rings. The maximum absolute atomic E-state index is 4.09. The molecule has 2 heterocycles. The molecule has 2 aromatic heterocycles. The highest BCUT2D eigenvalue weighted by Gasteiger charge is 1.95. The summed E-state index contributed by atoms with van der Waals surface area (Å²) in [5.74, 6) is 0. The number of rotatable bonds is 1. The van der Waals surface area contributed by atoms with Crippen molar-refractivity contribution in [1.82, 2.24) is 19.7 Å². The zero-order valence-electron chi connectivity index (χ0n) is 7.08. The van der Waals surface area contributed by atoms with Gasteiger partial charge in [0.05, 0.1) is 5.69 Å². The number of nitrogens with zero attached hydrogens (tertiary/aromatic N) is 4. The normalized spacial score (nSPS) is 9.31. The second-order valence-corrected chi connectivity index (χ2v) is 2.50. The van der Waals surface area contributed by atoms with Gasteiger partial charge in [0.2, 0.25) is 0 Å². The first-order valence-corrected chi connectivity index (χ1v) is 3.64. The monoisotopic (exact) mass is 196 g/mol. The molecule has 2 aromatic rings. The topological polar surface area (TPSA) is 43.6 Å². The van der Waals surface area contributed by atoms with E-state index in [1.807, 2.05) is 19.1 Å². The number of aryl methyl sites for hydroxylation is 1. The van der Waals surface area contributed by atoms with Crippen LogP contribution in [0.1, 0.15) is 5.69 Å². The molecule has 0 aromatic carbocycles. The molecular weight excluding hydrogens is 188 g/mol. The zero-order valence-corrected chi connectivity index (χ0v) is 7.90. The van der Waals surface area contributed by atoms with Crippen molar-refractivity contribution in [2.24, 2.45) is 0 Å². The largest absolute Gasteiger partial charge is 0.261 e. The van der Waals surface area contributed by atoms with Gasteiger partial charge in [-0.25, -0.2) is 9.67 Å². The molecule has 0 spiro atoms. The Morgan fingerprint density at radius 3 is 2.85 bits per heavy atom. The molecule has 0 bridgehead atoms. The SMILES string of the molecule is Cc1cc(-n2cncn2)ccn1.Cl. The molecule has 5 heteroatoms. The van der Waals surface area contributed by atoms with Crippen LogP contribution >= 0.6 is 12.4 Å². The van der Waals surface area contributed by atoms with Crippen molar-refractivity contribution >= 4 is 12.4 Å². The minimum atomic E-state index is 0. The van der Waals surface area contributed by atoms with E-state index in [4.69, 9.17) is 0 Å². The lowest BCUT2D eigenvalue weighted by Gasteiger charge is -1.99. The Labute approximate surface area is 82.1 Å². The zero-order chi connectivity index (χ0) is 8.39. The van der Waals surface area contributed by atoms with E-state index in [0.717, 1.165) is 11.4 Å². The predicted molar refractivity (Wildman–Crippen MR) is 51.1 cm³/mol. The van der Waals surface area contributed by atoms with Gasteiger partial charge < -0.3 is 0 Å². The number of hydrogen-bond acceptors (Lipinski definition) is 3. The van der Waals surface area contributed by atoms with E-state index < -0.39 is 0 Å². The highest BCUT2D eigenvalue weighted by Crippen LogP contribution is 2.04. The second-order valence-electron chi connectivity index (χ2n) is 2.50. The second kappa shape index (κ2) is 4.00. The quantitative estimate of drug-likeness (QED) is 0.693. The fourth-order valence-electron chi connectivity index (χ4n) is 1.01. The molecule has 0 atom stereocenters. The van der Waals surface area contributed by atoms with Crippen LogP contribution in [0, 0.1) is 6.92 Å². The van der Waals surface area contributed by atoms with Gasteiger partial charge in [-0.1, -0.05) is 0 Å². The first-order chi connectivity index (χ1) is 5.86. The van der Waals surface area contributed by atoms with Crippen LogP contribution in [0.5, 0.6) is 0 Å². The summed E-state index contributed by atoms with van der Waals surface area (Å²) in [4.78, 5) is 7.95. The Morgan fingerprint density at radius 1 is 1.38 bits per heavy atom. The fraction of sp³-hybridized carbons (Fsp3) is 0.125. The molecule has 0 amide bonds. The van der Waals surface area contributed by atoms with Crippen LogP contribution in [-0.4, -0.2) is 19.7 Å². The number of hydrogen-bond donors (Lipinski definition) is 0. The smallest absolute Gasteiger partial charge is 0.138 e. The molecule has 13 heavy (non-hydrogen) atoms. The maximum atomic E-state index is 4.09. The molecule has 0 saturated heterocycles. The summed E-state index contributed by atoms with van der Waals surface area (Å²) in [6, 6.07) is 3.84. The van der Waals surface area contributed by atoms with Crippen molar-refractivity contribution < 1.29 is 0 Å². The summed E-state index contributed by atoms with van der Waals surface area (Å²) >= 11 is 0. The Bertz CT molecular complexity index is 371. The van der Waals surface area contributed by atoms with E-state index in [1.165, 1.54) is 6.33 Å². The van der Waals surface area contributed by atoms with Crippen molar-refractivity contribution in [3.05, 3.63) is 36.7 Å². The Morgan fingerprint density at radius 2 is 2.23 bits per heavy atom. The first kappa shape index (κ1) is 9.67. The van der Waals surface area contributed by atoms with Crippen LogP contribution in [0.15, 0.2) is 31.0 Å². The number of aromatic nitrogens is 4. The Kier molecular flexibility index (Phi) is 2.97. The number of pyridine rings is 1. The summed E-state index contributed by atoms with van der Waals surface area (Å²) in [5, 5.41) is 4.01. The van der Waals surface area contributed by atoms with Crippen LogP contribution in [-0.2, 0) is 0 Å². The van der Waals surface area contributed by atoms with E-state index >= 15 is 0 Å². The van der Waals surface area contributed by atoms with Crippen molar-refractivity contribution in [3.8, 4) is 5.69 Å². The van der Waals surface area contributed by atoms with Gasteiger partial charge in [0.15, 0.2) is 0 Å². The van der Waals surface area contributed by atoms with Gasteiger partial charge in [0.1, 0.15) is 12.7 Å². The average Bonchev–Trinajstić information content (AvgIpc) is 2.56. The van der Waals surface area contributed by atoms with Gasteiger partial charge in [0.25, 0.3) is 0 Å². The Hall–Kier alpha value is -1.42. The van der Waals surface area contributed by atoms with E-state index in [0.29, 0.717) is 0 Å². The summed E-state index contributed by atoms with van der Waals surface area (Å²) in [6.07, 6.45) is 4.93. The molecule has 0 aliphatic rings. The molecule has 68 valence electrons. The summed E-state index contributed by atoms with van der Waals surface area (Å²) in [7, 11) is 0. The maximum Gasteiger partial charge on any atom is 0.138 e. The summed E-state index contributed by atoms with van der Waals surface area (Å²) in [6.45, 7) is 1.94. The van der Waals surface area contributed by atoms with Gasteiger partial charge in [-0.3, -0.25) is 4.98 Å². The van der Waals surface area contributed by atoms with Gasteiger partial charge in [0, 0.05) is 11.9 Å². The third-order valence-corrected chi connectivity index (χ3v) is 1.56.